The van der Waals surface area contributed by atoms with Gasteiger partial charge in [0.25, 0.3) is 11.8 Å². The lowest BCUT2D eigenvalue weighted by atomic mass is 10.00. The highest BCUT2D eigenvalue weighted by Gasteiger charge is 2.42. The number of halogens is 2. The second-order valence-electron chi connectivity index (χ2n) is 7.14. The molecule has 0 aliphatic carbocycles. The molecule has 2 aliphatic heterocycles. The quantitative estimate of drug-likeness (QED) is 0.892. The van der Waals surface area contributed by atoms with Gasteiger partial charge in [-0.3, -0.25) is 14.4 Å². The van der Waals surface area contributed by atoms with Gasteiger partial charge in [0.1, 0.15) is 0 Å². The zero-order valence-electron chi connectivity index (χ0n) is 14.1. The molecule has 0 bridgehead atoms. The van der Waals surface area contributed by atoms with Gasteiger partial charge in [-0.05, 0) is 13.3 Å². The number of amides is 1. The molecule has 1 unspecified atom stereocenters. The average molecular weight is 342 g/mol. The monoisotopic (exact) mass is 342 g/mol. The van der Waals surface area contributed by atoms with E-state index in [0.29, 0.717) is 30.8 Å². The maximum absolute atomic E-state index is 13.2. The minimum absolute atomic E-state index is 0.137. The summed E-state index contributed by atoms with van der Waals surface area (Å²) in [6, 6.07) is 0. The molecule has 134 valence electrons. The molecule has 1 N–H and O–H groups in total. The molecule has 3 heterocycles. The number of hydrogen-bond donors (Lipinski definition) is 1. The minimum atomic E-state index is -2.59. The molecule has 3 rings (SSSR count). The first-order valence-corrected chi connectivity index (χ1v) is 8.30. The summed E-state index contributed by atoms with van der Waals surface area (Å²) >= 11 is 0. The van der Waals surface area contributed by atoms with Gasteiger partial charge in [0, 0.05) is 52.3 Å². The Bertz CT molecular complexity index is 624. The number of carbonyl (C=O) groups is 1. The number of carbonyl (C=O) groups excluding carboxylic acids is 1. The van der Waals surface area contributed by atoms with Crippen molar-refractivity contribution in [1.29, 1.82) is 0 Å². The van der Waals surface area contributed by atoms with Crippen LogP contribution in [-0.2, 0) is 7.05 Å². The first kappa shape index (κ1) is 17.3. The van der Waals surface area contributed by atoms with Crippen LogP contribution in [0.25, 0.3) is 0 Å². The Labute approximate surface area is 140 Å². The number of piperidine rings is 1. The Balaban J connectivity index is 1.60. The number of hydrogen-bond acceptors (Lipinski definition) is 4. The fourth-order valence-corrected chi connectivity index (χ4v) is 3.59. The third kappa shape index (κ3) is 3.59. The number of aryl methyl sites for hydroxylation is 2. The van der Waals surface area contributed by atoms with Crippen LogP contribution in [0.3, 0.4) is 0 Å². The third-order valence-electron chi connectivity index (χ3n) is 4.97. The number of likely N-dealkylation sites (tertiary alicyclic amines) is 2. The molecule has 24 heavy (non-hydrogen) atoms. The van der Waals surface area contributed by atoms with E-state index in [1.807, 2.05) is 4.90 Å². The summed E-state index contributed by atoms with van der Waals surface area (Å²) in [4.78, 5) is 16.1. The van der Waals surface area contributed by atoms with E-state index in [0.717, 1.165) is 0 Å². The molecule has 0 saturated carbocycles. The molecule has 0 radical (unpaired) electrons. The van der Waals surface area contributed by atoms with E-state index in [4.69, 9.17) is 0 Å². The van der Waals surface area contributed by atoms with E-state index < -0.39 is 11.5 Å². The van der Waals surface area contributed by atoms with E-state index in [-0.39, 0.29) is 38.4 Å². The van der Waals surface area contributed by atoms with Crippen LogP contribution in [0.2, 0.25) is 0 Å². The highest BCUT2D eigenvalue weighted by Crippen LogP contribution is 2.30. The molecule has 0 aromatic carbocycles. The summed E-state index contributed by atoms with van der Waals surface area (Å²) in [5.74, 6) is -2.73. The lowest BCUT2D eigenvalue weighted by Gasteiger charge is -2.36. The third-order valence-corrected chi connectivity index (χ3v) is 4.97. The van der Waals surface area contributed by atoms with Crippen molar-refractivity contribution in [2.24, 2.45) is 7.05 Å². The van der Waals surface area contributed by atoms with Crippen molar-refractivity contribution in [3.8, 4) is 0 Å². The fraction of sp³-hybridized carbons (Fsp3) is 0.750. The van der Waals surface area contributed by atoms with Crippen molar-refractivity contribution in [2.45, 2.75) is 37.7 Å². The Morgan fingerprint density at radius 3 is 2.54 bits per heavy atom. The SMILES string of the molecule is Cc1nn(C)cc1C(=O)N1CCC(O)(CN2CCC(F)(F)CC2)C1. The molecule has 0 spiro atoms. The average Bonchev–Trinajstić information content (AvgIpc) is 3.04. The Morgan fingerprint density at radius 1 is 1.29 bits per heavy atom. The molecule has 6 nitrogen and oxygen atoms in total. The highest BCUT2D eigenvalue weighted by molar-refractivity contribution is 5.95. The second kappa shape index (κ2) is 6.07. The summed E-state index contributed by atoms with van der Waals surface area (Å²) in [5, 5.41) is 14.9. The lowest BCUT2D eigenvalue weighted by molar-refractivity contribution is -0.0720. The van der Waals surface area contributed by atoms with Crippen LogP contribution < -0.4 is 0 Å². The van der Waals surface area contributed by atoms with E-state index in [9.17, 15) is 18.7 Å². The van der Waals surface area contributed by atoms with Crippen LogP contribution in [0, 0.1) is 6.92 Å². The van der Waals surface area contributed by atoms with Gasteiger partial charge in [-0.25, -0.2) is 8.78 Å². The zero-order chi connectivity index (χ0) is 17.5. The highest BCUT2D eigenvalue weighted by atomic mass is 19.3. The predicted molar refractivity (Wildman–Crippen MR) is 84.0 cm³/mol. The topological polar surface area (TPSA) is 61.6 Å². The summed E-state index contributed by atoms with van der Waals surface area (Å²) in [6.07, 6.45) is 1.81. The first-order chi connectivity index (χ1) is 11.2. The van der Waals surface area contributed by atoms with Crippen molar-refractivity contribution in [2.75, 3.05) is 32.7 Å². The van der Waals surface area contributed by atoms with Gasteiger partial charge in [0.15, 0.2) is 0 Å². The number of aliphatic hydroxyl groups is 1. The Kier molecular flexibility index (Phi) is 4.37. The molecule has 1 amide bonds. The second-order valence-corrected chi connectivity index (χ2v) is 7.14. The van der Waals surface area contributed by atoms with Crippen molar-refractivity contribution < 1.29 is 18.7 Å². The van der Waals surface area contributed by atoms with Crippen LogP contribution in [0.4, 0.5) is 8.78 Å². The van der Waals surface area contributed by atoms with Gasteiger partial charge in [0.05, 0.1) is 23.4 Å². The maximum Gasteiger partial charge on any atom is 0.257 e. The van der Waals surface area contributed by atoms with Gasteiger partial charge in [-0.2, -0.15) is 5.10 Å². The van der Waals surface area contributed by atoms with Crippen LogP contribution in [0.5, 0.6) is 0 Å². The smallest absolute Gasteiger partial charge is 0.257 e. The molecule has 2 saturated heterocycles. The van der Waals surface area contributed by atoms with Gasteiger partial charge in [-0.1, -0.05) is 0 Å². The minimum Gasteiger partial charge on any atom is -0.387 e. The van der Waals surface area contributed by atoms with Crippen LogP contribution in [0.15, 0.2) is 6.20 Å². The molecular formula is C16H24F2N4O2. The molecule has 1 aromatic rings. The standard InChI is InChI=1S/C16H24F2N4O2/c1-12-13(9-20(2)19-12)14(23)22-8-3-15(24,11-22)10-21-6-4-16(17,18)5-7-21/h9,24H,3-8,10-11H2,1-2H3. The van der Waals surface area contributed by atoms with Crippen LogP contribution >= 0.6 is 0 Å². The van der Waals surface area contributed by atoms with Crippen molar-refractivity contribution >= 4 is 5.91 Å². The number of alkyl halides is 2. The fourth-order valence-electron chi connectivity index (χ4n) is 3.59. The summed E-state index contributed by atoms with van der Waals surface area (Å²) in [7, 11) is 1.76. The van der Waals surface area contributed by atoms with Crippen molar-refractivity contribution in [3.63, 3.8) is 0 Å². The molecular weight excluding hydrogens is 318 g/mol. The van der Waals surface area contributed by atoms with Crippen molar-refractivity contribution in [1.82, 2.24) is 19.6 Å². The van der Waals surface area contributed by atoms with E-state index in [1.54, 1.807) is 29.7 Å². The zero-order valence-corrected chi connectivity index (χ0v) is 14.1. The summed E-state index contributed by atoms with van der Waals surface area (Å²) in [6.45, 7) is 3.37. The molecule has 2 fully saturated rings. The van der Waals surface area contributed by atoms with Gasteiger partial charge < -0.3 is 10.0 Å². The van der Waals surface area contributed by atoms with Gasteiger partial charge >= 0.3 is 0 Å². The van der Waals surface area contributed by atoms with Crippen LogP contribution in [-0.4, -0.2) is 74.8 Å². The van der Waals surface area contributed by atoms with E-state index >= 15 is 0 Å². The number of rotatable bonds is 3. The number of β-amino-alcohol motifs (C(OH)–C–C–N with tert-alkyl or cyclic N) is 1. The molecule has 2 aliphatic rings. The molecule has 1 atom stereocenters. The Hall–Kier alpha value is -1.54. The molecule has 8 heteroatoms. The summed E-state index contributed by atoms with van der Waals surface area (Å²) < 4.78 is 28.1. The largest absolute Gasteiger partial charge is 0.387 e. The lowest BCUT2D eigenvalue weighted by Crippen LogP contribution is -2.49. The Morgan fingerprint density at radius 2 is 1.96 bits per heavy atom. The van der Waals surface area contributed by atoms with Gasteiger partial charge in [0.2, 0.25) is 0 Å². The van der Waals surface area contributed by atoms with Gasteiger partial charge in [-0.15, -0.1) is 0 Å². The normalized spacial score (nSPS) is 27.6. The van der Waals surface area contributed by atoms with Crippen LogP contribution in [0.1, 0.15) is 35.3 Å². The summed E-state index contributed by atoms with van der Waals surface area (Å²) in [5.41, 5.74) is 0.175. The number of nitrogens with zero attached hydrogens (tertiary/aromatic N) is 4. The maximum atomic E-state index is 13.2. The first-order valence-electron chi connectivity index (χ1n) is 8.30. The predicted octanol–water partition coefficient (Wildman–Crippen LogP) is 1.04. The van der Waals surface area contributed by atoms with E-state index in [2.05, 4.69) is 5.10 Å². The molecule has 1 aromatic heterocycles. The van der Waals surface area contributed by atoms with Crippen molar-refractivity contribution in [3.05, 3.63) is 17.5 Å². The number of aromatic nitrogens is 2. The van der Waals surface area contributed by atoms with E-state index in [1.165, 1.54) is 0 Å².